The number of aliphatic hydroxyl groups is 1. The van der Waals surface area contributed by atoms with E-state index >= 15 is 0 Å². The van der Waals surface area contributed by atoms with Crippen LogP contribution in [0.3, 0.4) is 0 Å². The number of rotatable bonds is 3. The first-order chi connectivity index (χ1) is 11.5. The van der Waals surface area contributed by atoms with Crippen LogP contribution in [0.1, 0.15) is 32.0 Å². The Labute approximate surface area is 139 Å². The Morgan fingerprint density at radius 1 is 1.42 bits per heavy atom. The van der Waals surface area contributed by atoms with E-state index in [9.17, 15) is 9.90 Å². The Balaban J connectivity index is 1.80. The second kappa shape index (κ2) is 5.86. The van der Waals surface area contributed by atoms with Gasteiger partial charge in [0.15, 0.2) is 5.82 Å². The predicted molar refractivity (Wildman–Crippen MR) is 89.3 cm³/mol. The largest absolute Gasteiger partial charge is 0.391 e. The van der Waals surface area contributed by atoms with Crippen LogP contribution in [0, 0.1) is 6.92 Å². The molecule has 24 heavy (non-hydrogen) atoms. The normalized spacial score (nSPS) is 27.5. The number of fused-ring (bicyclic) bond motifs is 1. The van der Waals surface area contributed by atoms with Crippen molar-refractivity contribution in [3.63, 3.8) is 0 Å². The summed E-state index contributed by atoms with van der Waals surface area (Å²) in [7, 11) is 0. The zero-order valence-corrected chi connectivity index (χ0v) is 14.0. The van der Waals surface area contributed by atoms with Gasteiger partial charge in [-0.05, 0) is 33.1 Å². The van der Waals surface area contributed by atoms with Gasteiger partial charge in [0.05, 0.1) is 18.8 Å². The molecule has 4 rings (SSSR count). The molecule has 2 aromatic heterocycles. The molecule has 0 amide bonds. The topological polar surface area (TPSA) is 96.3 Å². The maximum Gasteiger partial charge on any atom is 0.348 e. The maximum absolute atomic E-state index is 12.1. The number of anilines is 1. The Hall–Kier alpha value is -1.93. The number of hydrogen-bond donors (Lipinski definition) is 2. The average molecular weight is 333 g/mol. The van der Waals surface area contributed by atoms with Crippen molar-refractivity contribution >= 4 is 17.0 Å². The fraction of sp³-hybridized carbons (Fsp3) is 0.688. The highest BCUT2D eigenvalue weighted by molar-refractivity contribution is 5.84. The molecule has 0 spiro atoms. The summed E-state index contributed by atoms with van der Waals surface area (Å²) < 4.78 is 7.73. The molecule has 4 heterocycles. The van der Waals surface area contributed by atoms with Gasteiger partial charge in [-0.1, -0.05) is 0 Å². The lowest BCUT2D eigenvalue weighted by Crippen LogP contribution is -2.31. The van der Waals surface area contributed by atoms with E-state index in [0.717, 1.165) is 25.3 Å². The van der Waals surface area contributed by atoms with E-state index in [1.165, 1.54) is 0 Å². The molecule has 0 aliphatic carbocycles. The number of β-amino-alcohol motifs (C(OH)–C–C–N with tert-alkyl or cyclic N) is 1. The van der Waals surface area contributed by atoms with Crippen molar-refractivity contribution < 1.29 is 9.84 Å². The maximum atomic E-state index is 12.1. The van der Waals surface area contributed by atoms with Crippen molar-refractivity contribution in [2.24, 2.45) is 0 Å². The Bertz CT molecular complexity index is 808. The lowest BCUT2D eigenvalue weighted by Gasteiger charge is -2.22. The molecule has 2 aliphatic heterocycles. The highest BCUT2D eigenvalue weighted by atomic mass is 16.5. The van der Waals surface area contributed by atoms with Crippen molar-refractivity contribution in [2.45, 2.75) is 57.9 Å². The number of aromatic nitrogens is 4. The predicted octanol–water partition coefficient (Wildman–Crippen LogP) is 0.567. The summed E-state index contributed by atoms with van der Waals surface area (Å²) in [4.78, 5) is 25.7. The zero-order chi connectivity index (χ0) is 16.8. The van der Waals surface area contributed by atoms with E-state index in [-0.39, 0.29) is 17.8 Å². The summed E-state index contributed by atoms with van der Waals surface area (Å²) in [5.74, 6) is 1.39. The minimum atomic E-state index is -0.397. The van der Waals surface area contributed by atoms with Gasteiger partial charge in [-0.2, -0.15) is 4.98 Å². The number of H-pyrrole nitrogens is 1. The first-order valence-electron chi connectivity index (χ1n) is 8.56. The molecule has 0 bridgehead atoms. The number of aromatic amines is 1. The van der Waals surface area contributed by atoms with E-state index in [2.05, 4.69) is 15.0 Å². The van der Waals surface area contributed by atoms with Crippen LogP contribution < -0.4 is 10.6 Å². The molecule has 0 radical (unpaired) electrons. The molecule has 130 valence electrons. The number of imidazole rings is 1. The van der Waals surface area contributed by atoms with Crippen LogP contribution in [0.2, 0.25) is 0 Å². The number of aliphatic hydroxyl groups excluding tert-OH is 1. The third-order valence-electron chi connectivity index (χ3n) is 5.04. The summed E-state index contributed by atoms with van der Waals surface area (Å²) in [5.41, 5.74) is 0.984. The van der Waals surface area contributed by atoms with Gasteiger partial charge >= 0.3 is 5.69 Å². The van der Waals surface area contributed by atoms with Crippen molar-refractivity contribution in [3.8, 4) is 0 Å². The second-order valence-electron chi connectivity index (χ2n) is 6.86. The number of hydrogen-bond acceptors (Lipinski definition) is 6. The smallest absolute Gasteiger partial charge is 0.348 e. The third kappa shape index (κ3) is 2.59. The Morgan fingerprint density at radius 2 is 2.25 bits per heavy atom. The molecule has 8 heteroatoms. The van der Waals surface area contributed by atoms with Crippen LogP contribution in [-0.4, -0.2) is 56.0 Å². The number of ether oxygens (including phenoxy) is 1. The van der Waals surface area contributed by atoms with Crippen LogP contribution in [0.5, 0.6) is 0 Å². The van der Waals surface area contributed by atoms with Crippen molar-refractivity contribution in [1.82, 2.24) is 19.5 Å². The fourth-order valence-corrected chi connectivity index (χ4v) is 3.84. The van der Waals surface area contributed by atoms with Gasteiger partial charge in [0.2, 0.25) is 0 Å². The lowest BCUT2D eigenvalue weighted by atomic mass is 10.2. The number of aryl methyl sites for hydroxylation is 1. The summed E-state index contributed by atoms with van der Waals surface area (Å²) in [6, 6.07) is 0.126. The van der Waals surface area contributed by atoms with Gasteiger partial charge in [-0.3, -0.25) is 4.98 Å². The van der Waals surface area contributed by atoms with E-state index in [1.54, 1.807) is 0 Å². The molecular weight excluding hydrogens is 310 g/mol. The minimum absolute atomic E-state index is 0.126. The SMILES string of the molecule is Cc1nc2c(N3C[C@H](O)C[C@@H]3C)nc(=O)[nH]c2n1C[C@@H]1CCCO1. The van der Waals surface area contributed by atoms with E-state index in [4.69, 9.17) is 4.74 Å². The molecule has 2 saturated heterocycles. The first-order valence-corrected chi connectivity index (χ1v) is 8.56. The zero-order valence-electron chi connectivity index (χ0n) is 14.0. The Morgan fingerprint density at radius 3 is 2.92 bits per heavy atom. The first kappa shape index (κ1) is 15.6. The molecule has 2 aromatic rings. The van der Waals surface area contributed by atoms with Crippen LogP contribution in [0.4, 0.5) is 5.82 Å². The third-order valence-corrected chi connectivity index (χ3v) is 5.04. The van der Waals surface area contributed by atoms with E-state index < -0.39 is 6.10 Å². The molecule has 2 aliphatic rings. The lowest BCUT2D eigenvalue weighted by molar-refractivity contribution is 0.0973. The summed E-state index contributed by atoms with van der Waals surface area (Å²) in [5, 5.41) is 9.92. The monoisotopic (exact) mass is 333 g/mol. The van der Waals surface area contributed by atoms with Crippen molar-refractivity contribution in [3.05, 3.63) is 16.3 Å². The number of nitrogens with zero attached hydrogens (tertiary/aromatic N) is 4. The Kier molecular flexibility index (Phi) is 3.80. The van der Waals surface area contributed by atoms with Crippen LogP contribution in [-0.2, 0) is 11.3 Å². The fourth-order valence-electron chi connectivity index (χ4n) is 3.84. The van der Waals surface area contributed by atoms with Crippen LogP contribution >= 0.6 is 0 Å². The molecule has 8 nitrogen and oxygen atoms in total. The van der Waals surface area contributed by atoms with E-state index in [1.807, 2.05) is 23.3 Å². The van der Waals surface area contributed by atoms with Gasteiger partial charge in [0, 0.05) is 19.2 Å². The van der Waals surface area contributed by atoms with Crippen molar-refractivity contribution in [2.75, 3.05) is 18.1 Å². The highest BCUT2D eigenvalue weighted by Crippen LogP contribution is 2.29. The minimum Gasteiger partial charge on any atom is -0.391 e. The summed E-state index contributed by atoms with van der Waals surface area (Å²) >= 11 is 0. The van der Waals surface area contributed by atoms with Gasteiger partial charge in [-0.15, -0.1) is 0 Å². The van der Waals surface area contributed by atoms with E-state index in [0.29, 0.717) is 36.5 Å². The highest BCUT2D eigenvalue weighted by Gasteiger charge is 2.31. The van der Waals surface area contributed by atoms with Gasteiger partial charge in [0.1, 0.15) is 17.0 Å². The quantitative estimate of drug-likeness (QED) is 0.852. The van der Waals surface area contributed by atoms with Gasteiger partial charge in [0.25, 0.3) is 0 Å². The molecule has 0 aromatic carbocycles. The molecular formula is C16H23N5O3. The number of nitrogens with one attached hydrogen (secondary N) is 1. The summed E-state index contributed by atoms with van der Waals surface area (Å²) in [6.45, 7) is 5.91. The second-order valence-corrected chi connectivity index (χ2v) is 6.86. The molecule has 0 saturated carbocycles. The average Bonchev–Trinajstić information content (AvgIpc) is 3.21. The standard InChI is InChI=1S/C16H23N5O3/c1-9-6-11(22)7-20(9)14-13-15(19-16(23)18-14)21(10(2)17-13)8-12-4-3-5-24-12/h9,11-12,22H,3-8H2,1-2H3,(H,18,19,23)/t9-,11+,12-/m0/s1. The molecule has 2 fully saturated rings. The molecule has 0 unspecified atom stereocenters. The molecule has 3 atom stereocenters. The van der Waals surface area contributed by atoms with Gasteiger partial charge < -0.3 is 19.3 Å². The van der Waals surface area contributed by atoms with Crippen LogP contribution in [0.15, 0.2) is 4.79 Å². The van der Waals surface area contributed by atoms with Crippen LogP contribution in [0.25, 0.3) is 11.2 Å². The summed E-state index contributed by atoms with van der Waals surface area (Å²) in [6.07, 6.45) is 2.53. The van der Waals surface area contributed by atoms with Gasteiger partial charge in [-0.25, -0.2) is 9.78 Å². The van der Waals surface area contributed by atoms with Crippen molar-refractivity contribution in [1.29, 1.82) is 0 Å². The molecule has 2 N–H and O–H groups in total.